The number of hydrogen-bond acceptors (Lipinski definition) is 4. The number of ether oxygens (including phenoxy) is 1. The summed E-state index contributed by atoms with van der Waals surface area (Å²) in [6.45, 7) is 4.83. The Kier molecular flexibility index (Phi) is 5.24. The van der Waals surface area contributed by atoms with Crippen LogP contribution in [0.3, 0.4) is 0 Å². The molecule has 5 N–H and O–H groups in total. The van der Waals surface area contributed by atoms with Gasteiger partial charge in [-0.3, -0.25) is 4.79 Å². The molecule has 0 spiro atoms. The predicted octanol–water partition coefficient (Wildman–Crippen LogP) is -2.92. The number of fused-ring (bicyclic) bond motifs is 3. The fraction of sp³-hybridized carbons (Fsp3) is 0.800. The van der Waals surface area contributed by atoms with Crippen LogP contribution in [0.5, 0.6) is 0 Å². The molecular formula is C15H28N6O2+2. The number of carbonyl (C=O) groups excluding carboxylic acids is 1. The fourth-order valence-electron chi connectivity index (χ4n) is 3.99. The molecule has 0 saturated carbocycles. The minimum Gasteiger partial charge on any atom is -0.383 e. The van der Waals surface area contributed by atoms with E-state index in [-0.39, 0.29) is 11.8 Å². The number of methoxy groups -OCH3 is 1. The molecular weight excluding hydrogens is 296 g/mol. The molecule has 23 heavy (non-hydrogen) atoms. The highest BCUT2D eigenvalue weighted by molar-refractivity contribution is 5.79. The molecule has 4 rings (SSSR count). The predicted molar refractivity (Wildman–Crippen MR) is 82.2 cm³/mol. The first kappa shape index (κ1) is 16.4. The van der Waals surface area contributed by atoms with Gasteiger partial charge in [-0.1, -0.05) is 5.21 Å². The molecule has 1 unspecified atom stereocenters. The maximum atomic E-state index is 12.4. The third-order valence-corrected chi connectivity index (χ3v) is 5.24. The van der Waals surface area contributed by atoms with Gasteiger partial charge >= 0.3 is 0 Å². The van der Waals surface area contributed by atoms with Gasteiger partial charge in [-0.2, -0.15) is 0 Å². The molecule has 1 amide bonds. The van der Waals surface area contributed by atoms with E-state index in [9.17, 15) is 4.79 Å². The van der Waals surface area contributed by atoms with Crippen molar-refractivity contribution in [1.82, 2.24) is 20.3 Å². The highest BCUT2D eigenvalue weighted by Crippen LogP contribution is 2.27. The van der Waals surface area contributed by atoms with E-state index < -0.39 is 0 Å². The second-order valence-corrected chi connectivity index (χ2v) is 6.67. The zero-order valence-electron chi connectivity index (χ0n) is 13.8. The van der Waals surface area contributed by atoms with Crippen molar-refractivity contribution in [3.63, 3.8) is 0 Å². The minimum atomic E-state index is 0.151. The van der Waals surface area contributed by atoms with Crippen molar-refractivity contribution in [3.8, 4) is 0 Å². The monoisotopic (exact) mass is 324 g/mol. The summed E-state index contributed by atoms with van der Waals surface area (Å²) in [4.78, 5) is 13.9. The normalized spacial score (nSPS) is 29.7. The van der Waals surface area contributed by atoms with E-state index in [0.717, 1.165) is 38.2 Å². The number of nitrogens with zero attached hydrogens (tertiary/aromatic N) is 3. The highest BCUT2D eigenvalue weighted by Gasteiger charge is 2.46. The lowest BCUT2D eigenvalue weighted by Crippen LogP contribution is -3.20. The summed E-state index contributed by atoms with van der Waals surface area (Å²) in [5.74, 6) is 0.844. The maximum Gasteiger partial charge on any atom is 0.229 e. The third-order valence-electron chi connectivity index (χ3n) is 5.24. The number of aromatic nitrogens is 3. The van der Waals surface area contributed by atoms with E-state index in [2.05, 4.69) is 21.4 Å². The molecule has 4 heterocycles. The van der Waals surface area contributed by atoms with Gasteiger partial charge in [0.1, 0.15) is 18.3 Å². The van der Waals surface area contributed by atoms with Crippen LogP contribution >= 0.6 is 0 Å². The van der Waals surface area contributed by atoms with Crippen molar-refractivity contribution in [2.75, 3.05) is 33.4 Å². The van der Waals surface area contributed by atoms with Gasteiger partial charge in [0, 0.05) is 26.5 Å². The summed E-state index contributed by atoms with van der Waals surface area (Å²) in [6, 6.07) is 0.538. The SMILES string of the molecule is COCCNC(=O)[C@H]1C[NH+]2CC[C@H]1C[C@@H]2Cn1cc(C[NH3+])nn1. The molecule has 3 fully saturated rings. The number of piperidine rings is 3. The number of quaternary nitrogens is 2. The number of carbonyl (C=O) groups is 1. The first-order valence-electron chi connectivity index (χ1n) is 8.50. The molecule has 4 atom stereocenters. The Hall–Kier alpha value is -1.51. The molecule has 0 aliphatic carbocycles. The Labute approximate surface area is 136 Å². The highest BCUT2D eigenvalue weighted by atomic mass is 16.5. The van der Waals surface area contributed by atoms with Gasteiger partial charge in [-0.15, -0.1) is 5.10 Å². The first-order valence-corrected chi connectivity index (χ1v) is 8.50. The van der Waals surface area contributed by atoms with Gasteiger partial charge < -0.3 is 20.7 Å². The quantitative estimate of drug-likeness (QED) is 0.468. The second kappa shape index (κ2) is 7.37. The molecule has 3 aliphatic heterocycles. The standard InChI is InChI=1S/C15H26N6O2/c1-23-5-3-17-15(22)14-10-20-4-2-11(14)6-13(20)9-21-8-12(7-16)18-19-21/h8,11,13-14H,2-7,9-10,16H2,1H3,(H,17,22)/p+2/t11-,13+,14-/m0/s1. The Morgan fingerprint density at radius 1 is 1.61 bits per heavy atom. The van der Waals surface area contributed by atoms with E-state index >= 15 is 0 Å². The molecule has 3 aliphatic rings. The van der Waals surface area contributed by atoms with Gasteiger partial charge in [0.2, 0.25) is 5.91 Å². The lowest BCUT2D eigenvalue weighted by molar-refractivity contribution is -0.945. The average Bonchev–Trinajstić information content (AvgIpc) is 3.03. The number of hydrogen-bond donors (Lipinski definition) is 3. The van der Waals surface area contributed by atoms with E-state index in [1.165, 1.54) is 4.90 Å². The largest absolute Gasteiger partial charge is 0.383 e. The molecule has 3 saturated heterocycles. The summed E-state index contributed by atoms with van der Waals surface area (Å²) < 4.78 is 6.93. The van der Waals surface area contributed by atoms with Crippen LogP contribution in [0.25, 0.3) is 0 Å². The molecule has 128 valence electrons. The molecule has 8 heteroatoms. The number of amides is 1. The molecule has 0 aromatic carbocycles. The van der Waals surface area contributed by atoms with Crippen molar-refractivity contribution in [3.05, 3.63) is 11.9 Å². The molecule has 8 nitrogen and oxygen atoms in total. The number of nitrogens with one attached hydrogen (secondary N) is 2. The van der Waals surface area contributed by atoms with Gasteiger partial charge in [0.15, 0.2) is 0 Å². The smallest absolute Gasteiger partial charge is 0.229 e. The minimum absolute atomic E-state index is 0.151. The van der Waals surface area contributed by atoms with Crippen LogP contribution < -0.4 is 16.0 Å². The van der Waals surface area contributed by atoms with Crippen LogP contribution in [-0.4, -0.2) is 60.3 Å². The van der Waals surface area contributed by atoms with Gasteiger partial charge in [-0.05, 0) is 5.92 Å². The zero-order chi connectivity index (χ0) is 16.2. The van der Waals surface area contributed by atoms with Crippen LogP contribution in [0, 0.1) is 11.8 Å². The van der Waals surface area contributed by atoms with Gasteiger partial charge in [0.25, 0.3) is 0 Å². The van der Waals surface area contributed by atoms with Crippen molar-refractivity contribution in [2.45, 2.75) is 32.0 Å². The van der Waals surface area contributed by atoms with Gasteiger partial charge in [-0.25, -0.2) is 4.68 Å². The van der Waals surface area contributed by atoms with Crippen LogP contribution in [0.1, 0.15) is 18.5 Å². The summed E-state index contributed by atoms with van der Waals surface area (Å²) in [6.07, 6.45) is 4.23. The van der Waals surface area contributed by atoms with Crippen LogP contribution in [0.4, 0.5) is 0 Å². The summed E-state index contributed by atoms with van der Waals surface area (Å²) in [5.41, 5.74) is 4.78. The number of rotatable bonds is 7. The molecule has 2 bridgehead atoms. The average molecular weight is 324 g/mol. The van der Waals surface area contributed by atoms with E-state index in [4.69, 9.17) is 4.74 Å². The zero-order valence-corrected chi connectivity index (χ0v) is 13.8. The second-order valence-electron chi connectivity index (χ2n) is 6.67. The summed E-state index contributed by atoms with van der Waals surface area (Å²) in [7, 11) is 1.65. The van der Waals surface area contributed by atoms with Crippen LogP contribution in [0.15, 0.2) is 6.20 Å². The van der Waals surface area contributed by atoms with Crippen molar-refractivity contribution in [2.24, 2.45) is 11.8 Å². The molecule has 0 radical (unpaired) electrons. The Bertz CT molecular complexity index is 534. The van der Waals surface area contributed by atoms with Gasteiger partial charge in [0.05, 0.1) is 38.4 Å². The Morgan fingerprint density at radius 2 is 2.48 bits per heavy atom. The Balaban J connectivity index is 1.55. The van der Waals surface area contributed by atoms with Crippen LogP contribution in [-0.2, 0) is 22.6 Å². The van der Waals surface area contributed by atoms with E-state index in [0.29, 0.717) is 31.7 Å². The molecule has 1 aromatic rings. The lowest BCUT2D eigenvalue weighted by atomic mass is 9.75. The van der Waals surface area contributed by atoms with Crippen molar-refractivity contribution < 1.29 is 20.2 Å². The maximum absolute atomic E-state index is 12.4. The van der Waals surface area contributed by atoms with Crippen molar-refractivity contribution >= 4 is 5.91 Å². The molecule has 1 aromatic heterocycles. The van der Waals surface area contributed by atoms with Crippen molar-refractivity contribution in [1.29, 1.82) is 0 Å². The van der Waals surface area contributed by atoms with E-state index in [1.54, 1.807) is 7.11 Å². The first-order chi connectivity index (χ1) is 11.2. The van der Waals surface area contributed by atoms with Crippen LogP contribution in [0.2, 0.25) is 0 Å². The Morgan fingerprint density at radius 3 is 3.13 bits per heavy atom. The lowest BCUT2D eigenvalue weighted by Gasteiger charge is -2.46. The fourth-order valence-corrected chi connectivity index (χ4v) is 3.99. The topological polar surface area (TPSA) is 101 Å². The summed E-state index contributed by atoms with van der Waals surface area (Å²) >= 11 is 0. The summed E-state index contributed by atoms with van der Waals surface area (Å²) in [5, 5.41) is 11.3. The third kappa shape index (κ3) is 3.70. The van der Waals surface area contributed by atoms with E-state index in [1.807, 2.05) is 10.9 Å².